The summed E-state index contributed by atoms with van der Waals surface area (Å²) < 4.78 is 1.19. The van der Waals surface area contributed by atoms with E-state index in [-0.39, 0.29) is 17.5 Å². The van der Waals surface area contributed by atoms with Crippen molar-refractivity contribution in [2.45, 2.75) is 37.8 Å². The molecule has 2 aliphatic rings. The molecule has 3 heterocycles. The molecule has 1 N–H and O–H groups in total. The molecule has 1 unspecified atom stereocenters. The summed E-state index contributed by atoms with van der Waals surface area (Å²) >= 11 is 1.70. The van der Waals surface area contributed by atoms with Crippen LogP contribution >= 0.6 is 11.3 Å². The van der Waals surface area contributed by atoms with Crippen molar-refractivity contribution in [3.63, 3.8) is 0 Å². The zero-order valence-corrected chi connectivity index (χ0v) is 16.0. The molecule has 0 radical (unpaired) electrons. The van der Waals surface area contributed by atoms with Crippen LogP contribution in [-0.4, -0.2) is 36.2 Å². The molecule has 0 saturated carbocycles. The minimum Gasteiger partial charge on any atom is -0.356 e. The predicted molar refractivity (Wildman–Crippen MR) is 108 cm³/mol. The molecule has 1 saturated heterocycles. The van der Waals surface area contributed by atoms with Crippen LogP contribution in [0.3, 0.4) is 0 Å². The van der Waals surface area contributed by atoms with Gasteiger partial charge in [0, 0.05) is 38.9 Å². The second kappa shape index (κ2) is 7.65. The van der Waals surface area contributed by atoms with Gasteiger partial charge in [0.1, 0.15) is 0 Å². The Kier molecular flexibility index (Phi) is 5.08. The zero-order chi connectivity index (χ0) is 18.7. The van der Waals surface area contributed by atoms with Gasteiger partial charge in [-0.2, -0.15) is 10.2 Å². The van der Waals surface area contributed by atoms with Crippen molar-refractivity contribution >= 4 is 32.6 Å². The number of aromatic nitrogens is 1. The van der Waals surface area contributed by atoms with Crippen LogP contribution in [0.2, 0.25) is 0 Å². The summed E-state index contributed by atoms with van der Waals surface area (Å²) in [5, 5.41) is 12.3. The Labute approximate surface area is 163 Å². The highest BCUT2D eigenvalue weighted by Crippen LogP contribution is 2.36. The highest BCUT2D eigenvalue weighted by atomic mass is 32.1. The molecule has 1 aromatic heterocycles. The molecule has 1 aromatic carbocycles. The Morgan fingerprint density at radius 2 is 2.22 bits per heavy atom. The molecule has 0 bridgehead atoms. The van der Waals surface area contributed by atoms with Crippen molar-refractivity contribution < 1.29 is 4.79 Å². The fourth-order valence-electron chi connectivity index (χ4n) is 3.56. The van der Waals surface area contributed by atoms with E-state index in [1.165, 1.54) is 4.70 Å². The predicted octanol–water partition coefficient (Wildman–Crippen LogP) is 3.59. The molecule has 6 nitrogen and oxygen atoms in total. The van der Waals surface area contributed by atoms with E-state index in [0.717, 1.165) is 49.4 Å². The number of rotatable bonds is 7. The van der Waals surface area contributed by atoms with Gasteiger partial charge in [0.2, 0.25) is 5.91 Å². The Morgan fingerprint density at radius 3 is 3.00 bits per heavy atom. The van der Waals surface area contributed by atoms with Crippen LogP contribution in [0.25, 0.3) is 10.2 Å². The molecular formula is C20H23N5OS. The van der Waals surface area contributed by atoms with Crippen molar-refractivity contribution in [2.24, 2.45) is 16.1 Å². The van der Waals surface area contributed by atoms with E-state index in [0.29, 0.717) is 13.0 Å². The van der Waals surface area contributed by atoms with Crippen LogP contribution in [0.15, 0.2) is 34.5 Å². The number of carbonyl (C=O) groups excluding carboxylic acids is 1. The average Bonchev–Trinajstić information content (AvgIpc) is 3.33. The lowest BCUT2D eigenvalue weighted by Gasteiger charge is -2.31. The van der Waals surface area contributed by atoms with Crippen LogP contribution in [0.1, 0.15) is 32.1 Å². The molecular weight excluding hydrogens is 358 g/mol. The van der Waals surface area contributed by atoms with Crippen LogP contribution < -0.4 is 10.2 Å². The number of thiazole rings is 1. The van der Waals surface area contributed by atoms with E-state index < -0.39 is 0 Å². The molecule has 7 heteroatoms. The van der Waals surface area contributed by atoms with Gasteiger partial charge in [-0.05, 0) is 25.0 Å². The fourth-order valence-corrected chi connectivity index (χ4v) is 4.56. The number of carbonyl (C=O) groups is 1. The first-order valence-electron chi connectivity index (χ1n) is 9.45. The second-order valence-electron chi connectivity index (χ2n) is 7.18. The summed E-state index contributed by atoms with van der Waals surface area (Å²) in [6.45, 7) is 2.27. The standard InChI is InChI=1S/C20H23N5OS/c1-2-3-10-20(23-24-20)11-12-21-18(26)15-7-6-13-25(14-15)19-22-16-8-4-5-9-17(16)27-19/h1,4-5,8-9,15H,3,6-7,10-14H2,(H,21,26). The van der Waals surface area contributed by atoms with Crippen molar-refractivity contribution in [2.75, 3.05) is 24.5 Å². The highest BCUT2D eigenvalue weighted by molar-refractivity contribution is 7.22. The quantitative estimate of drug-likeness (QED) is 0.745. The maximum Gasteiger partial charge on any atom is 0.224 e. The molecule has 1 fully saturated rings. The van der Waals surface area contributed by atoms with Crippen molar-refractivity contribution in [1.29, 1.82) is 0 Å². The van der Waals surface area contributed by atoms with Crippen LogP contribution in [-0.2, 0) is 4.79 Å². The van der Waals surface area contributed by atoms with E-state index in [1.54, 1.807) is 11.3 Å². The van der Waals surface area contributed by atoms with Gasteiger partial charge in [-0.1, -0.05) is 23.5 Å². The van der Waals surface area contributed by atoms with Crippen molar-refractivity contribution in [1.82, 2.24) is 10.3 Å². The number of hydrogen-bond donors (Lipinski definition) is 1. The third-order valence-electron chi connectivity index (χ3n) is 5.22. The van der Waals surface area contributed by atoms with Gasteiger partial charge in [0.25, 0.3) is 0 Å². The van der Waals surface area contributed by atoms with E-state index >= 15 is 0 Å². The first-order chi connectivity index (χ1) is 13.2. The zero-order valence-electron chi connectivity index (χ0n) is 15.2. The summed E-state index contributed by atoms with van der Waals surface area (Å²) in [5.74, 6) is 2.75. The molecule has 2 aliphatic heterocycles. The molecule has 1 amide bonds. The van der Waals surface area contributed by atoms with Crippen molar-refractivity contribution in [3.05, 3.63) is 24.3 Å². The SMILES string of the molecule is C#CCCC1(CCNC(=O)C2CCCN(c3nc4ccccc4s3)C2)N=N1. The Hall–Kier alpha value is -2.46. The second-order valence-corrected chi connectivity index (χ2v) is 8.19. The van der Waals surface area contributed by atoms with E-state index in [1.807, 2.05) is 18.2 Å². The Balaban J connectivity index is 1.30. The monoisotopic (exact) mass is 381 g/mol. The van der Waals surface area contributed by atoms with Crippen molar-refractivity contribution in [3.8, 4) is 12.3 Å². The van der Waals surface area contributed by atoms with Gasteiger partial charge in [0.15, 0.2) is 10.8 Å². The molecule has 140 valence electrons. The number of benzene rings is 1. The summed E-state index contributed by atoms with van der Waals surface area (Å²) in [6, 6.07) is 8.17. The molecule has 4 rings (SSSR count). The minimum absolute atomic E-state index is 0.000464. The summed E-state index contributed by atoms with van der Waals surface area (Å²) in [6.07, 6.45) is 9.41. The number of piperidine rings is 1. The number of nitrogens with one attached hydrogen (secondary N) is 1. The largest absolute Gasteiger partial charge is 0.356 e. The Morgan fingerprint density at radius 1 is 1.37 bits per heavy atom. The van der Waals surface area contributed by atoms with Crippen LogP contribution in [0.4, 0.5) is 5.13 Å². The average molecular weight is 382 g/mol. The van der Waals surface area contributed by atoms with Gasteiger partial charge in [-0.15, -0.1) is 12.3 Å². The minimum atomic E-state index is -0.334. The van der Waals surface area contributed by atoms with Gasteiger partial charge in [-0.3, -0.25) is 4.79 Å². The van der Waals surface area contributed by atoms with E-state index in [2.05, 4.69) is 32.4 Å². The molecule has 0 aliphatic carbocycles. The smallest absolute Gasteiger partial charge is 0.224 e. The number of amides is 1. The number of anilines is 1. The number of nitrogens with zero attached hydrogens (tertiary/aromatic N) is 4. The van der Waals surface area contributed by atoms with Crippen LogP contribution in [0.5, 0.6) is 0 Å². The highest BCUT2D eigenvalue weighted by Gasteiger charge is 2.39. The third kappa shape index (κ3) is 4.11. The number of hydrogen-bond acceptors (Lipinski definition) is 6. The molecule has 27 heavy (non-hydrogen) atoms. The van der Waals surface area contributed by atoms with Gasteiger partial charge in [0.05, 0.1) is 16.1 Å². The molecule has 2 aromatic rings. The van der Waals surface area contributed by atoms with E-state index in [4.69, 9.17) is 11.4 Å². The number of terminal acetylenes is 1. The molecule has 1 atom stereocenters. The maximum atomic E-state index is 12.6. The normalized spacial score (nSPS) is 20.4. The number of para-hydroxylation sites is 1. The van der Waals surface area contributed by atoms with Gasteiger partial charge < -0.3 is 10.2 Å². The lowest BCUT2D eigenvalue weighted by molar-refractivity contribution is -0.125. The van der Waals surface area contributed by atoms with Crippen LogP contribution in [0, 0.1) is 18.3 Å². The Bertz CT molecular complexity index is 860. The lowest BCUT2D eigenvalue weighted by Crippen LogP contribution is -2.43. The van der Waals surface area contributed by atoms with E-state index in [9.17, 15) is 4.79 Å². The lowest BCUT2D eigenvalue weighted by atomic mass is 9.97. The summed E-state index contributed by atoms with van der Waals surface area (Å²) in [5.41, 5.74) is 0.692. The number of fused-ring (bicyclic) bond motifs is 1. The summed E-state index contributed by atoms with van der Waals surface area (Å²) in [4.78, 5) is 19.6. The van der Waals surface area contributed by atoms with Gasteiger partial charge >= 0.3 is 0 Å². The first-order valence-corrected chi connectivity index (χ1v) is 10.3. The fraction of sp³-hybridized carbons (Fsp3) is 0.500. The maximum absolute atomic E-state index is 12.6. The first kappa shape index (κ1) is 17.9. The topological polar surface area (TPSA) is 70.0 Å². The molecule has 0 spiro atoms. The third-order valence-corrected chi connectivity index (χ3v) is 6.32. The summed E-state index contributed by atoms with van der Waals surface area (Å²) in [7, 11) is 0. The van der Waals surface area contributed by atoms with Gasteiger partial charge in [-0.25, -0.2) is 4.98 Å².